The van der Waals surface area contributed by atoms with Crippen LogP contribution in [0, 0.1) is 27.7 Å². The molecule has 0 radical (unpaired) electrons. The van der Waals surface area contributed by atoms with E-state index in [1.807, 2.05) is 30.3 Å². The summed E-state index contributed by atoms with van der Waals surface area (Å²) in [5.74, 6) is 0. The van der Waals surface area contributed by atoms with Gasteiger partial charge in [0.2, 0.25) is 0 Å². The maximum Gasteiger partial charge on any atom is 0.0399 e. The molecule has 0 unspecified atom stereocenters. The van der Waals surface area contributed by atoms with E-state index in [4.69, 9.17) is 23.2 Å². The molecule has 0 nitrogen and oxygen atoms in total. The summed E-state index contributed by atoms with van der Waals surface area (Å²) in [5.41, 5.74) is 7.96. The van der Waals surface area contributed by atoms with Crippen molar-refractivity contribution in [3.63, 3.8) is 0 Å². The molecular weight excluding hydrogens is 503 g/mol. The predicted octanol–water partition coefficient (Wildman–Crippen LogP) is 8.96. The van der Waals surface area contributed by atoms with Crippen LogP contribution in [-0.2, 0) is 23.3 Å². The van der Waals surface area contributed by atoms with Crippen molar-refractivity contribution in [1.82, 2.24) is 0 Å². The third-order valence-corrected chi connectivity index (χ3v) is 5.72. The first-order valence-corrected chi connectivity index (χ1v) is 16.9. The summed E-state index contributed by atoms with van der Waals surface area (Å²) in [6.45, 7) is 13.3. The van der Waals surface area contributed by atoms with E-state index in [0.717, 1.165) is 11.1 Å². The minimum Gasteiger partial charge on any atom is -0.196 e. The molecule has 0 aliphatic carbocycles. The van der Waals surface area contributed by atoms with Gasteiger partial charge >= 0.3 is 41.9 Å². The first-order valence-electron chi connectivity index (χ1n) is 9.94. The van der Waals surface area contributed by atoms with Gasteiger partial charge in [-0.05, 0) is 17.7 Å². The molecule has 30 heavy (non-hydrogen) atoms. The number of hydrogen-bond acceptors (Lipinski definition) is 0. The van der Waals surface area contributed by atoms with E-state index >= 15 is 0 Å². The Morgan fingerprint density at radius 1 is 0.800 bits per heavy atom. The molecule has 0 saturated heterocycles. The second-order valence-corrected chi connectivity index (χ2v) is 17.9. The van der Waals surface area contributed by atoms with Gasteiger partial charge in [-0.25, -0.2) is 0 Å². The average molecular weight is 531 g/mol. The van der Waals surface area contributed by atoms with Crippen LogP contribution in [0.2, 0.25) is 23.1 Å². The molecule has 0 atom stereocenters. The Bertz CT molecular complexity index is 1100. The fraction of sp³-hybridized carbons (Fsp3) is 0.231. The quantitative estimate of drug-likeness (QED) is 0.170. The van der Waals surface area contributed by atoms with Crippen molar-refractivity contribution in [2.75, 3.05) is 0 Å². The molecule has 0 spiro atoms. The van der Waals surface area contributed by atoms with Gasteiger partial charge in [-0.3, -0.25) is 0 Å². The van der Waals surface area contributed by atoms with Crippen LogP contribution in [0.1, 0.15) is 22.3 Å². The van der Waals surface area contributed by atoms with Crippen LogP contribution in [-0.4, -0.2) is 5.43 Å². The van der Waals surface area contributed by atoms with Gasteiger partial charge in [0.25, 0.3) is 0 Å². The molecule has 154 valence electrons. The zero-order chi connectivity index (χ0) is 22.4. The minimum absolute atomic E-state index is 0.210. The first-order chi connectivity index (χ1) is 14.1. The van der Waals surface area contributed by atoms with Crippen molar-refractivity contribution in [2.24, 2.45) is 0 Å². The molecule has 4 aromatic rings. The predicted molar refractivity (Wildman–Crippen MR) is 133 cm³/mol. The molecule has 0 aliphatic heterocycles. The van der Waals surface area contributed by atoms with Crippen LogP contribution >= 0.6 is 23.2 Å². The normalized spacial score (nSPS) is 10.2. The molecule has 0 N–H and O–H groups in total. The van der Waals surface area contributed by atoms with Crippen LogP contribution < -0.4 is 0 Å². The molecule has 0 amide bonds. The third kappa shape index (κ3) is 6.54. The maximum absolute atomic E-state index is 6.24. The van der Waals surface area contributed by atoms with Crippen molar-refractivity contribution in [1.29, 1.82) is 0 Å². The first kappa shape index (κ1) is 25.3. The summed E-state index contributed by atoms with van der Waals surface area (Å²) in [6, 6.07) is 20.2. The number of rotatable bonds is 1. The van der Waals surface area contributed by atoms with Gasteiger partial charge < -0.3 is 0 Å². The van der Waals surface area contributed by atoms with Gasteiger partial charge in [-0.2, -0.15) is 28.3 Å². The zero-order valence-corrected chi connectivity index (χ0v) is 23.5. The molecule has 0 bridgehead atoms. The number of aryl methyl sites for hydroxylation is 2. The smallest absolute Gasteiger partial charge is 0.0399 e. The van der Waals surface area contributed by atoms with Gasteiger partial charge in [0.15, 0.2) is 0 Å². The monoisotopic (exact) mass is 528 g/mol. The van der Waals surface area contributed by atoms with Crippen LogP contribution in [0.15, 0.2) is 60.7 Å². The molecular formula is C26H28Cl2SiZr. The van der Waals surface area contributed by atoms with E-state index in [9.17, 15) is 0 Å². The molecule has 0 saturated carbocycles. The summed E-state index contributed by atoms with van der Waals surface area (Å²) in [7, 11) is 0. The summed E-state index contributed by atoms with van der Waals surface area (Å²) in [4.78, 5) is 0. The summed E-state index contributed by atoms with van der Waals surface area (Å²) in [6.07, 6.45) is 0. The Kier molecular flexibility index (Phi) is 9.82. The SMILES string of the molecule is C[Si](C)=[Zr+2].Cc1[cH-]c(C)c(C)c1C.Clc1cccc(Cl)c1-c1c[cH-]c2ccccc12. The standard InChI is InChI=1S/C15H9Cl2.C9H13.C2H6Si.Zr/c16-13-6-3-7-14(17)15(13)12-9-8-10-4-1-2-5-11(10)12;1-6-5-7(2)9(4)8(6)3;1-3-2;/h1-9H;5H,1-4H3;1-2H3;/q2*-1;;+2. The minimum atomic E-state index is 0.210. The van der Waals surface area contributed by atoms with Crippen LogP contribution in [0.4, 0.5) is 0 Å². The van der Waals surface area contributed by atoms with Crippen molar-refractivity contribution in [2.45, 2.75) is 40.8 Å². The molecule has 0 fully saturated rings. The average Bonchev–Trinajstić information content (AvgIpc) is 3.19. The Labute approximate surface area is 206 Å². The molecule has 0 heterocycles. The van der Waals surface area contributed by atoms with Crippen molar-refractivity contribution in [3.05, 3.63) is 93.0 Å². The van der Waals surface area contributed by atoms with Gasteiger partial charge in [-0.1, -0.05) is 63.0 Å². The Morgan fingerprint density at radius 2 is 1.30 bits per heavy atom. The van der Waals surface area contributed by atoms with Gasteiger partial charge in [0.05, 0.1) is 0 Å². The molecule has 4 heteroatoms. The Morgan fingerprint density at radius 3 is 1.77 bits per heavy atom. The summed E-state index contributed by atoms with van der Waals surface area (Å²) in [5, 5.41) is 3.77. The third-order valence-electron chi connectivity index (χ3n) is 5.09. The van der Waals surface area contributed by atoms with Crippen LogP contribution in [0.3, 0.4) is 0 Å². The van der Waals surface area contributed by atoms with Crippen LogP contribution in [0.25, 0.3) is 21.9 Å². The van der Waals surface area contributed by atoms with E-state index in [0.29, 0.717) is 10.0 Å². The molecule has 0 aromatic heterocycles. The van der Waals surface area contributed by atoms with E-state index in [1.54, 1.807) is 23.3 Å². The number of benzene rings is 2. The van der Waals surface area contributed by atoms with Gasteiger partial charge in [0, 0.05) is 10.0 Å². The van der Waals surface area contributed by atoms with Gasteiger partial charge in [-0.15, -0.1) is 46.7 Å². The topological polar surface area (TPSA) is 0 Å². The fourth-order valence-corrected chi connectivity index (χ4v) is 3.86. The largest absolute Gasteiger partial charge is 0.196 e. The Hall–Kier alpha value is -0.920. The molecule has 0 aliphatic rings. The fourth-order valence-electron chi connectivity index (χ4n) is 3.26. The number of fused-ring (bicyclic) bond motifs is 1. The van der Waals surface area contributed by atoms with E-state index in [1.165, 1.54) is 33.0 Å². The van der Waals surface area contributed by atoms with Crippen molar-refractivity contribution in [3.8, 4) is 11.1 Å². The van der Waals surface area contributed by atoms with Crippen molar-refractivity contribution < 1.29 is 23.3 Å². The van der Waals surface area contributed by atoms with E-state index < -0.39 is 0 Å². The van der Waals surface area contributed by atoms with Gasteiger partial charge in [0.1, 0.15) is 0 Å². The summed E-state index contributed by atoms with van der Waals surface area (Å²) >= 11 is 14.2. The van der Waals surface area contributed by atoms with E-state index in [2.05, 4.69) is 71.1 Å². The van der Waals surface area contributed by atoms with Crippen molar-refractivity contribution >= 4 is 39.4 Å². The Balaban J connectivity index is 0.000000207. The second kappa shape index (κ2) is 11.6. The molecule has 4 aromatic carbocycles. The summed E-state index contributed by atoms with van der Waals surface area (Å²) < 4.78 is 0. The maximum atomic E-state index is 6.24. The second-order valence-electron chi connectivity index (χ2n) is 7.69. The number of halogens is 2. The van der Waals surface area contributed by atoms with E-state index in [-0.39, 0.29) is 5.43 Å². The van der Waals surface area contributed by atoms with Crippen LogP contribution in [0.5, 0.6) is 0 Å². The zero-order valence-electron chi connectivity index (χ0n) is 18.5. The number of hydrogen-bond donors (Lipinski definition) is 0. The molecule has 4 rings (SSSR count).